The Morgan fingerprint density at radius 1 is 0.175 bits per heavy atom. The molecule has 16 aromatic carbocycles. The molecule has 0 unspecified atom stereocenters. The van der Waals surface area contributed by atoms with Crippen LogP contribution in [0.4, 0.5) is 0 Å². The van der Waals surface area contributed by atoms with Gasteiger partial charge < -0.3 is 0 Å². The summed E-state index contributed by atoms with van der Waals surface area (Å²) in [5.74, 6) is 0. The van der Waals surface area contributed by atoms with E-state index in [1.165, 1.54) is 145 Å². The standard InChI is InChI=1S/C60H27Cl3/c61-46-19-7-16-34-37(46)25-43-52-40(22-28-10-1-4-13-31(28)49(34)52)55-58(43)56-42-24-30-12-3-6-15-33(30)51-36-18-9-21-48(63)39(36)27-45(54(42)51)60(56)57-41-23-29-11-2-5-14-32(29)50-35-17-8-20-47(62)38(35)26-44(53(41)50)59(55)57/h1-27H. The van der Waals surface area contributed by atoms with Crippen LogP contribution in [0.25, 0.3) is 162 Å². The monoisotopic (exact) mass is 852 g/mol. The average molecular weight is 854 g/mol. The first-order valence-corrected chi connectivity index (χ1v) is 22.6. The van der Waals surface area contributed by atoms with Crippen LogP contribution in [0, 0.1) is 0 Å². The second-order valence-electron chi connectivity index (χ2n) is 17.7. The van der Waals surface area contributed by atoms with E-state index in [0.29, 0.717) is 0 Å². The van der Waals surface area contributed by atoms with Gasteiger partial charge in [0.1, 0.15) is 0 Å². The zero-order chi connectivity index (χ0) is 41.1. The zero-order valence-electron chi connectivity index (χ0n) is 33.2. The summed E-state index contributed by atoms with van der Waals surface area (Å²) in [6.45, 7) is 0. The first-order chi connectivity index (χ1) is 31.0. The van der Waals surface area contributed by atoms with Crippen molar-refractivity contribution < 1.29 is 0 Å². The molecule has 0 bridgehead atoms. The second kappa shape index (κ2) is 11.4. The number of halogens is 3. The third-order valence-corrected chi connectivity index (χ3v) is 15.9. The molecule has 0 aliphatic heterocycles. The number of hydrogen-bond donors (Lipinski definition) is 0. The Balaban J connectivity index is 1.36. The molecular formula is C60H27Cl3. The first kappa shape index (κ1) is 33.7. The molecule has 0 fully saturated rings. The van der Waals surface area contributed by atoms with Gasteiger partial charge in [-0.3, -0.25) is 0 Å². The van der Waals surface area contributed by atoms with E-state index in [-0.39, 0.29) is 0 Å². The summed E-state index contributed by atoms with van der Waals surface area (Å²) in [6, 6.07) is 60.4. The predicted octanol–water partition coefficient (Wildman–Crippen LogP) is 19.3. The van der Waals surface area contributed by atoms with Crippen molar-refractivity contribution in [1.82, 2.24) is 0 Å². The highest BCUT2D eigenvalue weighted by Gasteiger charge is 2.30. The maximum atomic E-state index is 7.28. The van der Waals surface area contributed by atoms with Gasteiger partial charge in [-0.1, -0.05) is 144 Å². The minimum atomic E-state index is 0.758. The lowest BCUT2D eigenvalue weighted by atomic mass is 9.93. The van der Waals surface area contributed by atoms with Crippen LogP contribution in [0.1, 0.15) is 0 Å². The SMILES string of the molecule is Clc1cccc2c1cc1c3c(cc4ccccc4c23)c2c1c1c3cc4ccccc4c4c5cccc(Cl)c5cc(c34)c1c1c3cc4ccccc4c4c5cccc(Cl)c5cc(c34)c21. The van der Waals surface area contributed by atoms with Gasteiger partial charge in [-0.25, -0.2) is 0 Å². The van der Waals surface area contributed by atoms with E-state index in [1.807, 2.05) is 18.2 Å². The Morgan fingerprint density at radius 2 is 0.413 bits per heavy atom. The molecule has 0 heterocycles. The van der Waals surface area contributed by atoms with Crippen molar-refractivity contribution in [2.45, 2.75) is 0 Å². The van der Waals surface area contributed by atoms with Crippen LogP contribution in [0.3, 0.4) is 0 Å². The molecule has 0 saturated heterocycles. The van der Waals surface area contributed by atoms with E-state index in [0.717, 1.165) is 31.2 Å². The summed E-state index contributed by atoms with van der Waals surface area (Å²) in [6.07, 6.45) is 0. The summed E-state index contributed by atoms with van der Waals surface area (Å²) in [7, 11) is 0. The minimum Gasteiger partial charge on any atom is -0.0837 e. The van der Waals surface area contributed by atoms with Gasteiger partial charge in [-0.2, -0.15) is 0 Å². The maximum Gasteiger partial charge on any atom is 0.0484 e. The first-order valence-electron chi connectivity index (χ1n) is 21.5. The summed E-state index contributed by atoms with van der Waals surface area (Å²) >= 11 is 21.8. The van der Waals surface area contributed by atoms with Crippen LogP contribution in [0.5, 0.6) is 0 Å². The lowest BCUT2D eigenvalue weighted by molar-refractivity contribution is 1.80. The number of hydrogen-bond acceptors (Lipinski definition) is 0. The second-order valence-corrected chi connectivity index (χ2v) is 18.9. The fourth-order valence-electron chi connectivity index (χ4n) is 12.6. The van der Waals surface area contributed by atoms with Crippen molar-refractivity contribution in [3.63, 3.8) is 0 Å². The maximum absolute atomic E-state index is 7.28. The summed E-state index contributed by atoms with van der Waals surface area (Å²) in [5, 5.41) is 39.1. The molecule has 0 nitrogen and oxygen atoms in total. The topological polar surface area (TPSA) is 0 Å². The molecule has 16 aromatic rings. The van der Waals surface area contributed by atoms with Gasteiger partial charge in [0.2, 0.25) is 0 Å². The molecule has 0 aliphatic rings. The van der Waals surface area contributed by atoms with Gasteiger partial charge in [0.25, 0.3) is 0 Å². The molecule has 0 saturated carbocycles. The fraction of sp³-hybridized carbons (Fsp3) is 0. The third kappa shape index (κ3) is 3.87. The molecule has 0 spiro atoms. The van der Waals surface area contributed by atoms with Crippen LogP contribution >= 0.6 is 34.8 Å². The van der Waals surface area contributed by atoms with Crippen LogP contribution in [0.15, 0.2) is 164 Å². The van der Waals surface area contributed by atoms with Crippen molar-refractivity contribution in [2.24, 2.45) is 0 Å². The lowest BCUT2D eigenvalue weighted by Crippen LogP contribution is -1.83. The summed E-state index contributed by atoms with van der Waals surface area (Å²) < 4.78 is 0. The van der Waals surface area contributed by atoms with Crippen molar-refractivity contribution in [3.8, 4) is 0 Å². The van der Waals surface area contributed by atoms with Crippen molar-refractivity contribution >= 4 is 196 Å². The molecule has 3 heteroatoms. The molecule has 16 rings (SSSR count). The molecule has 63 heavy (non-hydrogen) atoms. The number of rotatable bonds is 0. The highest BCUT2D eigenvalue weighted by Crippen LogP contribution is 2.59. The number of fused-ring (bicyclic) bond motifs is 24. The van der Waals surface area contributed by atoms with E-state index in [9.17, 15) is 0 Å². The highest BCUT2D eigenvalue weighted by molar-refractivity contribution is 6.59. The zero-order valence-corrected chi connectivity index (χ0v) is 35.5. The largest absolute Gasteiger partial charge is 0.0837 e. The van der Waals surface area contributed by atoms with E-state index in [1.54, 1.807) is 0 Å². The summed E-state index contributed by atoms with van der Waals surface area (Å²) in [5.41, 5.74) is 0. The molecule has 0 aromatic heterocycles. The average Bonchev–Trinajstić information content (AvgIpc) is 3.92. The molecule has 0 radical (unpaired) electrons. The van der Waals surface area contributed by atoms with E-state index in [4.69, 9.17) is 34.8 Å². The lowest BCUT2D eigenvalue weighted by Gasteiger charge is -2.11. The molecule has 0 amide bonds. The minimum absolute atomic E-state index is 0.758. The van der Waals surface area contributed by atoms with Crippen molar-refractivity contribution in [2.75, 3.05) is 0 Å². The van der Waals surface area contributed by atoms with Gasteiger partial charge in [-0.15, -0.1) is 0 Å². The molecule has 0 atom stereocenters. The van der Waals surface area contributed by atoms with E-state index < -0.39 is 0 Å². The number of benzene rings is 13. The van der Waals surface area contributed by atoms with E-state index in [2.05, 4.69) is 146 Å². The van der Waals surface area contributed by atoms with Crippen molar-refractivity contribution in [1.29, 1.82) is 0 Å². The Kier molecular flexibility index (Phi) is 6.07. The quantitative estimate of drug-likeness (QED) is 0.133. The molecule has 288 valence electrons. The Bertz CT molecular complexity index is 4300. The predicted molar refractivity (Wildman–Crippen MR) is 278 cm³/mol. The molecule has 0 N–H and O–H groups in total. The van der Waals surface area contributed by atoms with Gasteiger partial charge >= 0.3 is 0 Å². The fourth-order valence-corrected chi connectivity index (χ4v) is 13.3. The summed E-state index contributed by atoms with van der Waals surface area (Å²) in [4.78, 5) is 0. The highest BCUT2D eigenvalue weighted by atomic mass is 35.5. The Morgan fingerprint density at radius 3 is 0.714 bits per heavy atom. The Labute approximate surface area is 373 Å². The van der Waals surface area contributed by atoms with Gasteiger partial charge in [0, 0.05) is 31.2 Å². The smallest absolute Gasteiger partial charge is 0.0484 e. The van der Waals surface area contributed by atoms with Crippen molar-refractivity contribution in [3.05, 3.63) is 179 Å². The molecule has 0 aliphatic carbocycles. The van der Waals surface area contributed by atoms with Crippen LogP contribution in [0.2, 0.25) is 15.1 Å². The van der Waals surface area contributed by atoms with E-state index >= 15 is 0 Å². The normalized spacial score (nSPS) is 13.0. The van der Waals surface area contributed by atoms with Gasteiger partial charge in [0.15, 0.2) is 0 Å². The van der Waals surface area contributed by atoms with Crippen LogP contribution < -0.4 is 0 Å². The van der Waals surface area contributed by atoms with Gasteiger partial charge in [0.05, 0.1) is 0 Å². The Hall–Kier alpha value is -6.93. The van der Waals surface area contributed by atoms with Crippen LogP contribution in [-0.4, -0.2) is 0 Å². The van der Waals surface area contributed by atoms with Crippen LogP contribution in [-0.2, 0) is 0 Å². The van der Waals surface area contributed by atoms with Gasteiger partial charge in [-0.05, 0) is 200 Å². The molecular weight excluding hydrogens is 827 g/mol. The third-order valence-electron chi connectivity index (χ3n) is 14.9.